The number of hydrogen-bond acceptors (Lipinski definition) is 6. The van der Waals surface area contributed by atoms with Gasteiger partial charge in [-0.15, -0.1) is 0 Å². The zero-order chi connectivity index (χ0) is 25.7. The number of fused-ring (bicyclic) bond motifs is 2. The lowest BCUT2D eigenvalue weighted by atomic mass is 9.91. The first-order valence-corrected chi connectivity index (χ1v) is 12.0. The maximum Gasteiger partial charge on any atom is 0.328 e. The SMILES string of the molecule is CC(CN1CCC(c2noc3cc(F)ccc23)CC1)N1Cc2ccccc2C1.O=C(O)C=CC(=O)O. The van der Waals surface area contributed by atoms with Crippen LogP contribution in [-0.4, -0.2) is 62.8 Å². The van der Waals surface area contributed by atoms with Gasteiger partial charge in [0.25, 0.3) is 0 Å². The molecule has 0 saturated carbocycles. The van der Waals surface area contributed by atoms with E-state index in [0.29, 0.717) is 29.7 Å². The Kier molecular flexibility index (Phi) is 8.12. The average molecular weight is 496 g/mol. The van der Waals surface area contributed by atoms with E-state index in [1.165, 1.54) is 23.3 Å². The number of nitrogens with zero attached hydrogens (tertiary/aromatic N) is 3. The highest BCUT2D eigenvalue weighted by Crippen LogP contribution is 2.33. The molecule has 2 aliphatic rings. The van der Waals surface area contributed by atoms with Gasteiger partial charge in [-0.05, 0) is 56.1 Å². The number of rotatable bonds is 6. The molecule has 2 aliphatic heterocycles. The van der Waals surface area contributed by atoms with E-state index in [9.17, 15) is 14.0 Å². The van der Waals surface area contributed by atoms with Gasteiger partial charge in [-0.2, -0.15) is 0 Å². The van der Waals surface area contributed by atoms with Crippen molar-refractivity contribution < 1.29 is 28.7 Å². The summed E-state index contributed by atoms with van der Waals surface area (Å²) in [7, 11) is 0. The Morgan fingerprint density at radius 3 is 2.28 bits per heavy atom. The van der Waals surface area contributed by atoms with Gasteiger partial charge in [0.05, 0.1) is 5.69 Å². The summed E-state index contributed by atoms with van der Waals surface area (Å²) < 4.78 is 18.7. The molecular formula is C27H30FN3O5. The molecule has 3 heterocycles. The van der Waals surface area contributed by atoms with Gasteiger partial charge in [-0.25, -0.2) is 14.0 Å². The molecule has 0 aliphatic carbocycles. The standard InChI is InChI=1S/C23H26FN3O.C4H4O4/c1-16(27-14-18-4-2-3-5-19(18)15-27)13-26-10-8-17(9-11-26)23-21-7-6-20(24)12-22(21)28-25-23;5-3(6)1-2-4(7)8/h2-7,12,16-17H,8-11,13-15H2,1H3;1-2H,(H,5,6)(H,7,8). The van der Waals surface area contributed by atoms with Crippen molar-refractivity contribution in [2.45, 2.75) is 44.8 Å². The molecule has 9 heteroatoms. The zero-order valence-electron chi connectivity index (χ0n) is 20.1. The third-order valence-corrected chi connectivity index (χ3v) is 6.82. The lowest BCUT2D eigenvalue weighted by Crippen LogP contribution is -2.43. The molecule has 0 spiro atoms. The van der Waals surface area contributed by atoms with Gasteiger partial charge < -0.3 is 19.6 Å². The second-order valence-corrected chi connectivity index (χ2v) is 9.32. The van der Waals surface area contributed by atoms with Gasteiger partial charge in [-0.1, -0.05) is 29.4 Å². The summed E-state index contributed by atoms with van der Waals surface area (Å²) in [4.78, 5) is 24.3. The van der Waals surface area contributed by atoms with E-state index in [-0.39, 0.29) is 5.82 Å². The molecule has 1 atom stereocenters. The highest BCUT2D eigenvalue weighted by Gasteiger charge is 2.28. The predicted molar refractivity (Wildman–Crippen MR) is 132 cm³/mol. The molecular weight excluding hydrogens is 465 g/mol. The second kappa shape index (κ2) is 11.5. The predicted octanol–water partition coefficient (Wildman–Crippen LogP) is 4.26. The summed E-state index contributed by atoms with van der Waals surface area (Å²) in [6.45, 7) is 7.73. The number of likely N-dealkylation sites (tertiary alicyclic amines) is 1. The van der Waals surface area contributed by atoms with Crippen LogP contribution < -0.4 is 0 Å². The quantitative estimate of drug-likeness (QED) is 0.489. The van der Waals surface area contributed by atoms with Crippen molar-refractivity contribution in [3.05, 3.63) is 77.3 Å². The lowest BCUT2D eigenvalue weighted by Gasteiger charge is -2.35. The fourth-order valence-corrected chi connectivity index (χ4v) is 4.92. The molecule has 5 rings (SSSR count). The van der Waals surface area contributed by atoms with Gasteiger partial charge in [0.2, 0.25) is 0 Å². The highest BCUT2D eigenvalue weighted by atomic mass is 19.1. The minimum atomic E-state index is -1.26. The van der Waals surface area contributed by atoms with Gasteiger partial charge in [0.15, 0.2) is 5.58 Å². The van der Waals surface area contributed by atoms with E-state index in [0.717, 1.165) is 56.6 Å². The van der Waals surface area contributed by atoms with E-state index in [1.807, 2.05) is 0 Å². The van der Waals surface area contributed by atoms with E-state index in [4.69, 9.17) is 14.7 Å². The Morgan fingerprint density at radius 2 is 1.69 bits per heavy atom. The van der Waals surface area contributed by atoms with E-state index in [1.54, 1.807) is 6.07 Å². The van der Waals surface area contributed by atoms with Crippen LogP contribution >= 0.6 is 0 Å². The molecule has 8 nitrogen and oxygen atoms in total. The van der Waals surface area contributed by atoms with Crippen LogP contribution in [-0.2, 0) is 22.7 Å². The highest BCUT2D eigenvalue weighted by molar-refractivity contribution is 5.89. The van der Waals surface area contributed by atoms with Crippen molar-refractivity contribution >= 4 is 22.9 Å². The van der Waals surface area contributed by atoms with Crippen LogP contribution in [0.4, 0.5) is 4.39 Å². The second-order valence-electron chi connectivity index (χ2n) is 9.32. The van der Waals surface area contributed by atoms with Gasteiger partial charge >= 0.3 is 11.9 Å². The first-order valence-electron chi connectivity index (χ1n) is 12.0. The van der Waals surface area contributed by atoms with Crippen LogP contribution in [0.2, 0.25) is 0 Å². The molecule has 2 aromatic carbocycles. The van der Waals surface area contributed by atoms with Gasteiger partial charge in [0, 0.05) is 55.2 Å². The number of piperidine rings is 1. The molecule has 190 valence electrons. The van der Waals surface area contributed by atoms with Crippen LogP contribution in [0.1, 0.15) is 42.5 Å². The Morgan fingerprint density at radius 1 is 1.08 bits per heavy atom. The van der Waals surface area contributed by atoms with Crippen molar-refractivity contribution in [1.29, 1.82) is 0 Å². The summed E-state index contributed by atoms with van der Waals surface area (Å²) in [5.74, 6) is -2.39. The Labute approximate surface area is 208 Å². The Bertz CT molecular complexity index is 1210. The lowest BCUT2D eigenvalue weighted by molar-refractivity contribution is -0.134. The topological polar surface area (TPSA) is 107 Å². The smallest absolute Gasteiger partial charge is 0.328 e. The monoisotopic (exact) mass is 495 g/mol. The maximum atomic E-state index is 13.4. The fraction of sp³-hybridized carbons (Fsp3) is 0.370. The largest absolute Gasteiger partial charge is 0.478 e. The van der Waals surface area contributed by atoms with E-state index < -0.39 is 11.9 Å². The number of benzene rings is 2. The number of carbonyl (C=O) groups is 2. The number of halogens is 1. The minimum Gasteiger partial charge on any atom is -0.478 e. The first-order chi connectivity index (χ1) is 17.3. The number of carboxylic acid groups (broad SMARTS) is 2. The van der Waals surface area contributed by atoms with E-state index >= 15 is 0 Å². The van der Waals surface area contributed by atoms with Gasteiger partial charge in [-0.3, -0.25) is 4.90 Å². The summed E-state index contributed by atoms with van der Waals surface area (Å²) in [5.41, 5.74) is 4.50. The summed E-state index contributed by atoms with van der Waals surface area (Å²) in [5, 5.41) is 20.8. The summed E-state index contributed by atoms with van der Waals surface area (Å²) in [6.07, 6.45) is 3.27. The van der Waals surface area contributed by atoms with E-state index in [2.05, 4.69) is 46.1 Å². The first kappa shape index (κ1) is 25.5. The summed E-state index contributed by atoms with van der Waals surface area (Å²) in [6, 6.07) is 14.0. The number of hydrogen-bond donors (Lipinski definition) is 2. The molecule has 0 radical (unpaired) electrons. The fourth-order valence-electron chi connectivity index (χ4n) is 4.92. The number of carboxylic acids is 2. The van der Waals surface area contributed by atoms with Crippen molar-refractivity contribution in [3.8, 4) is 0 Å². The normalized spacial score (nSPS) is 17.6. The minimum absolute atomic E-state index is 0.275. The van der Waals surface area contributed by atoms with Crippen molar-refractivity contribution in [2.75, 3.05) is 19.6 Å². The van der Waals surface area contributed by atoms with Crippen molar-refractivity contribution in [3.63, 3.8) is 0 Å². The molecule has 36 heavy (non-hydrogen) atoms. The van der Waals surface area contributed by atoms with Crippen LogP contribution in [0.15, 0.2) is 59.1 Å². The molecule has 1 unspecified atom stereocenters. The zero-order valence-corrected chi connectivity index (χ0v) is 20.1. The Balaban J connectivity index is 0.000000331. The number of aromatic nitrogens is 1. The van der Waals surface area contributed by atoms with Crippen molar-refractivity contribution in [2.24, 2.45) is 0 Å². The molecule has 2 N–H and O–H groups in total. The van der Waals surface area contributed by atoms with Crippen LogP contribution in [0, 0.1) is 5.82 Å². The average Bonchev–Trinajstić information content (AvgIpc) is 3.48. The molecule has 3 aromatic rings. The van der Waals surface area contributed by atoms with Crippen LogP contribution in [0.5, 0.6) is 0 Å². The van der Waals surface area contributed by atoms with Gasteiger partial charge in [0.1, 0.15) is 5.82 Å². The molecule has 1 saturated heterocycles. The number of aliphatic carboxylic acids is 2. The molecule has 1 aromatic heterocycles. The molecule has 0 amide bonds. The maximum absolute atomic E-state index is 13.4. The summed E-state index contributed by atoms with van der Waals surface area (Å²) >= 11 is 0. The van der Waals surface area contributed by atoms with Crippen LogP contribution in [0.3, 0.4) is 0 Å². The molecule has 0 bridgehead atoms. The third-order valence-electron chi connectivity index (χ3n) is 6.82. The Hall–Kier alpha value is -3.56. The van der Waals surface area contributed by atoms with Crippen LogP contribution in [0.25, 0.3) is 11.0 Å². The van der Waals surface area contributed by atoms with Crippen molar-refractivity contribution in [1.82, 2.24) is 15.0 Å². The third kappa shape index (κ3) is 6.35. The molecule has 1 fully saturated rings.